The van der Waals surface area contributed by atoms with Crippen molar-refractivity contribution >= 4 is 18.0 Å². The highest BCUT2D eigenvalue weighted by molar-refractivity contribution is 5.88. The van der Waals surface area contributed by atoms with Gasteiger partial charge in [0.2, 0.25) is 0 Å². The third-order valence-corrected chi connectivity index (χ3v) is 4.09. The summed E-state index contributed by atoms with van der Waals surface area (Å²) in [6, 6.07) is -0.349. The van der Waals surface area contributed by atoms with Gasteiger partial charge in [-0.25, -0.2) is 9.59 Å². The fourth-order valence-corrected chi connectivity index (χ4v) is 3.40. The molecule has 0 spiro atoms. The summed E-state index contributed by atoms with van der Waals surface area (Å²) < 4.78 is 15.6. The highest BCUT2D eigenvalue weighted by Crippen LogP contribution is 2.49. The molecule has 2 aliphatic rings. The Morgan fingerprint density at radius 1 is 1.23 bits per heavy atom. The predicted molar refractivity (Wildman–Crippen MR) is 76.0 cm³/mol. The van der Waals surface area contributed by atoms with Crippen LogP contribution in [0.15, 0.2) is 0 Å². The zero-order valence-corrected chi connectivity index (χ0v) is 13.7. The topological polar surface area (TPSA) is 82.1 Å². The lowest BCUT2D eigenvalue weighted by atomic mass is 9.86. The average molecular weight is 313 g/mol. The van der Waals surface area contributed by atoms with Crippen LogP contribution in [0.3, 0.4) is 0 Å². The smallest absolute Gasteiger partial charge is 0.411 e. The molecule has 0 saturated carbocycles. The Hall–Kier alpha value is -1.79. The summed E-state index contributed by atoms with van der Waals surface area (Å²) in [6.07, 6.45) is 0.240. The number of fused-ring (bicyclic) bond motifs is 2. The van der Waals surface area contributed by atoms with E-state index in [2.05, 4.69) is 0 Å². The van der Waals surface area contributed by atoms with Crippen LogP contribution in [0.5, 0.6) is 0 Å². The molecule has 2 aliphatic heterocycles. The van der Waals surface area contributed by atoms with Crippen molar-refractivity contribution in [1.29, 1.82) is 0 Å². The van der Waals surface area contributed by atoms with E-state index < -0.39 is 35.3 Å². The molecule has 2 fully saturated rings. The van der Waals surface area contributed by atoms with E-state index in [9.17, 15) is 14.4 Å². The molecule has 0 aliphatic carbocycles. The Labute approximate surface area is 129 Å². The predicted octanol–water partition coefficient (Wildman–Crippen LogP) is 1.63. The van der Waals surface area contributed by atoms with Gasteiger partial charge < -0.3 is 14.2 Å². The largest absolute Gasteiger partial charge is 0.467 e. The van der Waals surface area contributed by atoms with Gasteiger partial charge in [0, 0.05) is 13.3 Å². The highest BCUT2D eigenvalue weighted by Gasteiger charge is 2.65. The van der Waals surface area contributed by atoms with Crippen LogP contribution in [0.25, 0.3) is 0 Å². The minimum Gasteiger partial charge on any atom is -0.467 e. The van der Waals surface area contributed by atoms with Gasteiger partial charge in [-0.05, 0) is 33.6 Å². The average Bonchev–Trinajstić information content (AvgIpc) is 2.88. The molecule has 7 nitrogen and oxygen atoms in total. The summed E-state index contributed by atoms with van der Waals surface area (Å²) >= 11 is 0. The van der Waals surface area contributed by atoms with Gasteiger partial charge in [-0.1, -0.05) is 0 Å². The molecule has 0 aromatic heterocycles. The summed E-state index contributed by atoms with van der Waals surface area (Å²) in [6.45, 7) is 6.60. The van der Waals surface area contributed by atoms with Crippen molar-refractivity contribution in [3.8, 4) is 0 Å². The quantitative estimate of drug-likeness (QED) is 0.569. The fourth-order valence-electron chi connectivity index (χ4n) is 3.40. The number of amides is 1. The van der Waals surface area contributed by atoms with E-state index >= 15 is 0 Å². The van der Waals surface area contributed by atoms with Gasteiger partial charge in [0.05, 0.1) is 13.2 Å². The molecule has 7 heteroatoms. The molecule has 0 N–H and O–H groups in total. The summed E-state index contributed by atoms with van der Waals surface area (Å²) in [5.74, 6) is -0.919. The number of ether oxygens (including phenoxy) is 3. The third-order valence-electron chi connectivity index (χ3n) is 4.09. The molecule has 0 radical (unpaired) electrons. The molecule has 0 aromatic rings. The first-order chi connectivity index (χ1) is 10.1. The number of methoxy groups -OCH3 is 1. The van der Waals surface area contributed by atoms with Gasteiger partial charge >= 0.3 is 18.0 Å². The molecule has 3 atom stereocenters. The van der Waals surface area contributed by atoms with Crippen LogP contribution in [0.1, 0.15) is 47.0 Å². The van der Waals surface area contributed by atoms with E-state index in [1.54, 1.807) is 20.8 Å². The Bertz CT molecular complexity index is 497. The number of esters is 2. The molecule has 2 bridgehead atoms. The number of carbonyl (C=O) groups excluding carboxylic acids is 3. The molecule has 2 heterocycles. The lowest BCUT2D eigenvalue weighted by molar-refractivity contribution is -0.154. The molecule has 124 valence electrons. The van der Waals surface area contributed by atoms with Gasteiger partial charge in [-0.15, -0.1) is 0 Å². The van der Waals surface area contributed by atoms with E-state index in [1.807, 2.05) is 0 Å². The Morgan fingerprint density at radius 3 is 2.36 bits per heavy atom. The lowest BCUT2D eigenvalue weighted by Gasteiger charge is -2.33. The van der Waals surface area contributed by atoms with E-state index in [-0.39, 0.29) is 12.5 Å². The minimum absolute atomic E-state index is 0.253. The summed E-state index contributed by atoms with van der Waals surface area (Å²) in [7, 11) is 1.29. The lowest BCUT2D eigenvalue weighted by Crippen LogP contribution is -2.52. The summed E-state index contributed by atoms with van der Waals surface area (Å²) in [5.41, 5.74) is -1.77. The van der Waals surface area contributed by atoms with Crippen molar-refractivity contribution in [1.82, 2.24) is 4.90 Å². The van der Waals surface area contributed by atoms with E-state index in [4.69, 9.17) is 14.2 Å². The van der Waals surface area contributed by atoms with Crippen LogP contribution >= 0.6 is 0 Å². The number of hydrogen-bond acceptors (Lipinski definition) is 6. The molecule has 1 amide bonds. The maximum Gasteiger partial charge on any atom is 0.411 e. The van der Waals surface area contributed by atoms with Gasteiger partial charge in [-0.3, -0.25) is 9.69 Å². The standard InChI is InChI=1S/C15H23NO6/c1-9(17)21-11-8-15(12(18)20-5)7-6-10(11)16(15)13(19)22-14(2,3)4/h10-11H,6-8H2,1-5H3. The van der Waals surface area contributed by atoms with Crippen LogP contribution in [-0.2, 0) is 23.8 Å². The van der Waals surface area contributed by atoms with Crippen LogP contribution in [0.4, 0.5) is 4.79 Å². The van der Waals surface area contributed by atoms with Crippen LogP contribution in [0.2, 0.25) is 0 Å². The second-order valence-corrected chi connectivity index (χ2v) is 6.83. The summed E-state index contributed by atoms with van der Waals surface area (Å²) in [4.78, 5) is 37.5. The van der Waals surface area contributed by atoms with E-state index in [1.165, 1.54) is 18.9 Å². The minimum atomic E-state index is -1.10. The molecule has 0 aromatic carbocycles. The van der Waals surface area contributed by atoms with Crippen LogP contribution in [0, 0.1) is 0 Å². The van der Waals surface area contributed by atoms with Gasteiger partial charge in [0.1, 0.15) is 17.2 Å². The molecule has 2 saturated heterocycles. The van der Waals surface area contributed by atoms with Crippen LogP contribution < -0.4 is 0 Å². The second-order valence-electron chi connectivity index (χ2n) is 6.83. The van der Waals surface area contributed by atoms with Crippen molar-refractivity contribution in [3.63, 3.8) is 0 Å². The van der Waals surface area contributed by atoms with Gasteiger partial charge in [-0.2, -0.15) is 0 Å². The van der Waals surface area contributed by atoms with Gasteiger partial charge in [0.25, 0.3) is 0 Å². The zero-order valence-electron chi connectivity index (χ0n) is 13.7. The maximum absolute atomic E-state index is 12.5. The number of carbonyl (C=O) groups is 3. The van der Waals surface area contributed by atoms with Crippen molar-refractivity contribution in [2.75, 3.05) is 7.11 Å². The fraction of sp³-hybridized carbons (Fsp3) is 0.800. The number of rotatable bonds is 2. The molecule has 3 unspecified atom stereocenters. The van der Waals surface area contributed by atoms with Crippen molar-refractivity contribution in [2.45, 2.75) is 70.2 Å². The van der Waals surface area contributed by atoms with Crippen molar-refractivity contribution in [3.05, 3.63) is 0 Å². The molecular formula is C15H23NO6. The second kappa shape index (κ2) is 5.44. The monoisotopic (exact) mass is 313 g/mol. The molecular weight excluding hydrogens is 290 g/mol. The highest BCUT2D eigenvalue weighted by atomic mass is 16.6. The first-order valence-electron chi connectivity index (χ1n) is 7.39. The zero-order chi connectivity index (χ0) is 16.7. The summed E-state index contributed by atoms with van der Waals surface area (Å²) in [5, 5.41) is 0. The van der Waals surface area contributed by atoms with E-state index in [0.717, 1.165) is 0 Å². The van der Waals surface area contributed by atoms with Gasteiger partial charge in [0.15, 0.2) is 0 Å². The van der Waals surface area contributed by atoms with Crippen molar-refractivity contribution < 1.29 is 28.6 Å². The SMILES string of the molecule is COC(=O)C12CCC(C(OC(C)=O)C1)N2C(=O)OC(C)(C)C. The Balaban J connectivity index is 2.31. The maximum atomic E-state index is 12.5. The number of nitrogens with zero attached hydrogens (tertiary/aromatic N) is 1. The Morgan fingerprint density at radius 2 is 1.86 bits per heavy atom. The Kier molecular flexibility index (Phi) is 4.10. The third kappa shape index (κ3) is 2.76. The first-order valence-corrected chi connectivity index (χ1v) is 7.39. The van der Waals surface area contributed by atoms with Crippen LogP contribution in [-0.4, -0.2) is 53.3 Å². The molecule has 22 heavy (non-hydrogen) atoms. The van der Waals surface area contributed by atoms with Crippen molar-refractivity contribution in [2.24, 2.45) is 0 Å². The molecule has 2 rings (SSSR count). The first kappa shape index (κ1) is 16.6. The number of hydrogen-bond donors (Lipinski definition) is 0. The van der Waals surface area contributed by atoms with E-state index in [0.29, 0.717) is 12.8 Å². The normalized spacial score (nSPS) is 30.1.